The van der Waals surface area contributed by atoms with Gasteiger partial charge in [-0.15, -0.1) is 11.3 Å². The Bertz CT molecular complexity index is 2000. The molecule has 0 amide bonds. The van der Waals surface area contributed by atoms with Crippen molar-refractivity contribution in [1.82, 2.24) is 19.9 Å². The standard InChI is InChI=1S/C38H39N5OS/c1-23-16-19-39-24(2)33(23)43(36-40-17-11-18-41-36)27-13-9-12-25(20-27)28-14-10-15-31-32(28)42-35(45-31)29-21-26(37(3,4)5)22-30(34(29)44)38(6,7)8/h9-22,44H,1-8H3. The predicted molar refractivity (Wildman–Crippen MR) is 187 cm³/mol. The fourth-order valence-corrected chi connectivity index (χ4v) is 6.70. The van der Waals surface area contributed by atoms with Gasteiger partial charge in [0, 0.05) is 35.4 Å². The van der Waals surface area contributed by atoms with Crippen molar-refractivity contribution in [1.29, 1.82) is 0 Å². The summed E-state index contributed by atoms with van der Waals surface area (Å²) in [4.78, 5) is 21.1. The van der Waals surface area contributed by atoms with Gasteiger partial charge in [-0.2, -0.15) is 0 Å². The highest BCUT2D eigenvalue weighted by Gasteiger charge is 2.27. The molecule has 0 atom stereocenters. The maximum atomic E-state index is 11.6. The smallest absolute Gasteiger partial charge is 0.234 e. The van der Waals surface area contributed by atoms with Gasteiger partial charge < -0.3 is 5.11 Å². The van der Waals surface area contributed by atoms with E-state index in [2.05, 4.69) is 123 Å². The van der Waals surface area contributed by atoms with Crippen molar-refractivity contribution in [3.63, 3.8) is 0 Å². The number of para-hydroxylation sites is 1. The Balaban J connectivity index is 1.52. The van der Waals surface area contributed by atoms with Crippen LogP contribution in [0.1, 0.15) is 63.9 Å². The zero-order valence-corrected chi connectivity index (χ0v) is 28.0. The van der Waals surface area contributed by atoms with Crippen LogP contribution in [0, 0.1) is 13.8 Å². The van der Waals surface area contributed by atoms with E-state index in [4.69, 9.17) is 4.98 Å². The van der Waals surface area contributed by atoms with Gasteiger partial charge in [-0.05, 0) is 77.8 Å². The molecule has 228 valence electrons. The topological polar surface area (TPSA) is 75.0 Å². The highest BCUT2D eigenvalue weighted by molar-refractivity contribution is 7.21. The van der Waals surface area contributed by atoms with E-state index in [9.17, 15) is 5.11 Å². The van der Waals surface area contributed by atoms with E-state index in [0.29, 0.717) is 11.7 Å². The van der Waals surface area contributed by atoms with Crippen LogP contribution in [0.25, 0.3) is 31.9 Å². The Morgan fingerprint density at radius 3 is 2.16 bits per heavy atom. The van der Waals surface area contributed by atoms with Crippen molar-refractivity contribution in [2.75, 3.05) is 4.90 Å². The minimum Gasteiger partial charge on any atom is -0.507 e. The summed E-state index contributed by atoms with van der Waals surface area (Å²) in [5.74, 6) is 0.880. The van der Waals surface area contributed by atoms with E-state index >= 15 is 0 Å². The van der Waals surface area contributed by atoms with Gasteiger partial charge in [0.2, 0.25) is 5.95 Å². The molecule has 0 aliphatic heterocycles. The molecule has 0 radical (unpaired) electrons. The Hall–Kier alpha value is -4.62. The van der Waals surface area contributed by atoms with E-state index < -0.39 is 0 Å². The van der Waals surface area contributed by atoms with Crippen molar-refractivity contribution < 1.29 is 5.11 Å². The molecule has 0 aliphatic carbocycles. The first-order chi connectivity index (χ1) is 21.3. The molecular formula is C38H39N5OS. The number of aryl methyl sites for hydroxylation is 2. The molecule has 6 aromatic rings. The van der Waals surface area contributed by atoms with Crippen molar-refractivity contribution >= 4 is 38.9 Å². The Labute approximate surface area is 269 Å². The second kappa shape index (κ2) is 11.4. The lowest BCUT2D eigenvalue weighted by molar-refractivity contribution is 0.446. The summed E-state index contributed by atoms with van der Waals surface area (Å²) in [6, 6.07) is 22.8. The fraction of sp³-hybridized carbons (Fsp3) is 0.263. The van der Waals surface area contributed by atoms with Gasteiger partial charge in [0.1, 0.15) is 10.8 Å². The molecule has 6 rings (SSSR count). The summed E-state index contributed by atoms with van der Waals surface area (Å²) >= 11 is 1.61. The monoisotopic (exact) mass is 613 g/mol. The highest BCUT2D eigenvalue weighted by Crippen LogP contribution is 2.45. The molecule has 0 saturated carbocycles. The maximum Gasteiger partial charge on any atom is 0.234 e. The number of phenolic OH excluding ortho intramolecular Hbond substituents is 1. The number of phenols is 1. The van der Waals surface area contributed by atoms with E-state index in [-0.39, 0.29) is 10.8 Å². The molecule has 3 aromatic carbocycles. The van der Waals surface area contributed by atoms with Gasteiger partial charge in [-0.25, -0.2) is 15.0 Å². The summed E-state index contributed by atoms with van der Waals surface area (Å²) in [5.41, 5.74) is 9.40. The molecule has 0 saturated heterocycles. The molecule has 7 heteroatoms. The summed E-state index contributed by atoms with van der Waals surface area (Å²) in [6.45, 7) is 17.1. The largest absolute Gasteiger partial charge is 0.507 e. The molecule has 45 heavy (non-hydrogen) atoms. The minimum atomic E-state index is -0.221. The first-order valence-electron chi connectivity index (χ1n) is 15.2. The van der Waals surface area contributed by atoms with Crippen LogP contribution in [0.2, 0.25) is 0 Å². The number of thiazole rings is 1. The Kier molecular flexibility index (Phi) is 7.69. The summed E-state index contributed by atoms with van der Waals surface area (Å²) in [7, 11) is 0. The molecule has 6 nitrogen and oxygen atoms in total. The number of aromatic hydroxyl groups is 1. The number of benzene rings is 3. The zero-order chi connectivity index (χ0) is 32.1. The summed E-state index contributed by atoms with van der Waals surface area (Å²) < 4.78 is 1.06. The number of nitrogens with zero attached hydrogens (tertiary/aromatic N) is 5. The molecule has 0 unspecified atom stereocenters. The van der Waals surface area contributed by atoms with Crippen molar-refractivity contribution in [2.24, 2.45) is 0 Å². The van der Waals surface area contributed by atoms with Gasteiger partial charge in [0.15, 0.2) is 0 Å². The summed E-state index contributed by atoms with van der Waals surface area (Å²) in [6.07, 6.45) is 5.34. The van der Waals surface area contributed by atoms with E-state index in [1.54, 1.807) is 23.7 Å². The molecule has 0 aliphatic rings. The maximum absolute atomic E-state index is 11.6. The van der Waals surface area contributed by atoms with Crippen LogP contribution < -0.4 is 4.90 Å². The molecule has 3 heterocycles. The van der Waals surface area contributed by atoms with Crippen LogP contribution in [0.15, 0.2) is 85.3 Å². The van der Waals surface area contributed by atoms with Gasteiger partial charge in [-0.3, -0.25) is 9.88 Å². The van der Waals surface area contributed by atoms with Crippen molar-refractivity contribution in [2.45, 2.75) is 66.2 Å². The second-order valence-electron chi connectivity index (χ2n) is 13.6. The van der Waals surface area contributed by atoms with Crippen LogP contribution in [-0.4, -0.2) is 25.0 Å². The van der Waals surface area contributed by atoms with E-state index in [1.807, 2.05) is 25.3 Å². The molecule has 3 aromatic heterocycles. The van der Waals surface area contributed by atoms with E-state index in [0.717, 1.165) is 60.1 Å². The fourth-order valence-electron chi connectivity index (χ4n) is 5.69. The number of rotatable bonds is 5. The molecular weight excluding hydrogens is 575 g/mol. The first kappa shape index (κ1) is 30.4. The van der Waals surface area contributed by atoms with Crippen LogP contribution in [0.4, 0.5) is 17.3 Å². The third-order valence-electron chi connectivity index (χ3n) is 8.13. The Morgan fingerprint density at radius 1 is 0.733 bits per heavy atom. The van der Waals surface area contributed by atoms with Gasteiger partial charge in [0.25, 0.3) is 0 Å². The predicted octanol–water partition coefficient (Wildman–Crippen LogP) is 10.2. The first-order valence-corrected chi connectivity index (χ1v) is 16.0. The third kappa shape index (κ3) is 5.80. The number of hydrogen-bond acceptors (Lipinski definition) is 7. The van der Waals surface area contributed by atoms with Crippen molar-refractivity contribution in [3.8, 4) is 27.4 Å². The second-order valence-corrected chi connectivity index (χ2v) is 14.6. The lowest BCUT2D eigenvalue weighted by Crippen LogP contribution is -2.17. The molecule has 0 fully saturated rings. The SMILES string of the molecule is Cc1ccnc(C)c1N(c1cccc(-c2cccc3sc(-c4cc(C(C)(C)C)cc(C(C)(C)C)c4O)nc23)c1)c1ncccn1. The highest BCUT2D eigenvalue weighted by atomic mass is 32.1. The third-order valence-corrected chi connectivity index (χ3v) is 9.19. The van der Waals surface area contributed by atoms with Crippen molar-refractivity contribution in [3.05, 3.63) is 108 Å². The average Bonchev–Trinajstić information content (AvgIpc) is 3.43. The zero-order valence-electron chi connectivity index (χ0n) is 27.2. The van der Waals surface area contributed by atoms with Crippen LogP contribution in [-0.2, 0) is 10.8 Å². The van der Waals surface area contributed by atoms with Crippen LogP contribution >= 0.6 is 11.3 Å². The number of pyridine rings is 1. The van der Waals surface area contributed by atoms with E-state index in [1.165, 1.54) is 5.56 Å². The Morgan fingerprint density at radius 2 is 1.47 bits per heavy atom. The molecule has 0 spiro atoms. The van der Waals surface area contributed by atoms with Crippen LogP contribution in [0.3, 0.4) is 0 Å². The molecule has 0 bridgehead atoms. The lowest BCUT2D eigenvalue weighted by Gasteiger charge is -2.27. The number of anilines is 3. The van der Waals surface area contributed by atoms with Gasteiger partial charge in [0.05, 0.1) is 27.2 Å². The van der Waals surface area contributed by atoms with Crippen LogP contribution in [0.5, 0.6) is 5.75 Å². The number of fused-ring (bicyclic) bond motifs is 1. The van der Waals surface area contributed by atoms with Gasteiger partial charge >= 0.3 is 0 Å². The quantitative estimate of drug-likeness (QED) is 0.209. The number of hydrogen-bond donors (Lipinski definition) is 1. The minimum absolute atomic E-state index is 0.0793. The average molecular weight is 614 g/mol. The normalized spacial score (nSPS) is 12.1. The number of aromatic nitrogens is 4. The molecule has 1 N–H and O–H groups in total. The summed E-state index contributed by atoms with van der Waals surface area (Å²) in [5, 5.41) is 12.4. The van der Waals surface area contributed by atoms with Gasteiger partial charge in [-0.1, -0.05) is 71.9 Å². The lowest BCUT2D eigenvalue weighted by atomic mass is 9.79.